The number of nitrogens with zero attached hydrogens (tertiary/aromatic N) is 2. The molecule has 0 spiro atoms. The van der Waals surface area contributed by atoms with Crippen molar-refractivity contribution < 1.29 is 18.7 Å². The van der Waals surface area contributed by atoms with E-state index in [2.05, 4.69) is 9.97 Å². The Morgan fingerprint density at radius 3 is 2.37 bits per heavy atom. The molecule has 5 nitrogen and oxygen atoms in total. The van der Waals surface area contributed by atoms with E-state index in [1.165, 1.54) is 18.2 Å². The van der Waals surface area contributed by atoms with E-state index >= 15 is 0 Å². The molecule has 3 rings (SSSR count). The molecule has 27 heavy (non-hydrogen) atoms. The highest BCUT2D eigenvalue weighted by molar-refractivity contribution is 5.86. The molecule has 0 aliphatic heterocycles. The van der Waals surface area contributed by atoms with Crippen molar-refractivity contribution in [2.75, 3.05) is 6.61 Å². The van der Waals surface area contributed by atoms with Gasteiger partial charge in [-0.25, -0.2) is 19.2 Å². The van der Waals surface area contributed by atoms with Crippen molar-refractivity contribution in [2.24, 2.45) is 0 Å². The molecular weight excluding hydrogens is 347 g/mol. The van der Waals surface area contributed by atoms with Crippen molar-refractivity contribution in [3.63, 3.8) is 0 Å². The quantitative estimate of drug-likeness (QED) is 0.471. The molecule has 0 saturated carbocycles. The minimum absolute atomic E-state index is 0.313. The standard InChI is InChI=1S/C21H17FN2O3/c1-2-26-20(25)12-7-17-13-14-23-21(24-17)15-3-8-18(9-4-15)27-19-10-5-16(22)6-11-19/h3-14H,2H2,1H3. The molecule has 0 radical (unpaired) electrons. The molecular formula is C21H17FN2O3. The third-order valence-corrected chi connectivity index (χ3v) is 3.52. The number of benzene rings is 2. The molecule has 0 amide bonds. The topological polar surface area (TPSA) is 61.3 Å². The van der Waals surface area contributed by atoms with Crippen LogP contribution in [0.1, 0.15) is 12.6 Å². The zero-order valence-corrected chi connectivity index (χ0v) is 14.6. The lowest BCUT2D eigenvalue weighted by Crippen LogP contribution is -1.99. The van der Waals surface area contributed by atoms with Gasteiger partial charge in [0.2, 0.25) is 0 Å². The second-order valence-electron chi connectivity index (χ2n) is 5.47. The predicted molar refractivity (Wildman–Crippen MR) is 99.6 cm³/mol. The van der Waals surface area contributed by atoms with Crippen LogP contribution in [-0.4, -0.2) is 22.5 Å². The fourth-order valence-electron chi connectivity index (χ4n) is 2.26. The van der Waals surface area contributed by atoms with Crippen LogP contribution >= 0.6 is 0 Å². The predicted octanol–water partition coefficient (Wildman–Crippen LogP) is 4.65. The van der Waals surface area contributed by atoms with Crippen molar-refractivity contribution in [3.8, 4) is 22.9 Å². The van der Waals surface area contributed by atoms with Crippen molar-refractivity contribution in [3.05, 3.63) is 78.4 Å². The molecule has 0 aliphatic carbocycles. The van der Waals surface area contributed by atoms with E-state index in [4.69, 9.17) is 9.47 Å². The largest absolute Gasteiger partial charge is 0.463 e. The van der Waals surface area contributed by atoms with Gasteiger partial charge in [-0.15, -0.1) is 0 Å². The highest BCUT2D eigenvalue weighted by Gasteiger charge is 2.04. The van der Waals surface area contributed by atoms with Crippen LogP contribution in [0, 0.1) is 5.82 Å². The second kappa shape index (κ2) is 8.71. The third-order valence-electron chi connectivity index (χ3n) is 3.52. The first kappa shape index (κ1) is 18.3. The molecule has 6 heteroatoms. The maximum atomic E-state index is 12.9. The summed E-state index contributed by atoms with van der Waals surface area (Å²) >= 11 is 0. The highest BCUT2D eigenvalue weighted by atomic mass is 19.1. The lowest BCUT2D eigenvalue weighted by molar-refractivity contribution is -0.137. The number of hydrogen-bond acceptors (Lipinski definition) is 5. The first-order chi connectivity index (χ1) is 13.1. The van der Waals surface area contributed by atoms with Crippen molar-refractivity contribution in [1.29, 1.82) is 0 Å². The molecule has 1 aromatic heterocycles. The van der Waals surface area contributed by atoms with Crippen LogP contribution in [0.5, 0.6) is 11.5 Å². The van der Waals surface area contributed by atoms with E-state index < -0.39 is 5.97 Å². The summed E-state index contributed by atoms with van der Waals surface area (Å²) < 4.78 is 23.4. The smallest absolute Gasteiger partial charge is 0.330 e. The minimum atomic E-state index is -0.417. The lowest BCUT2D eigenvalue weighted by Gasteiger charge is -2.06. The molecule has 2 aromatic carbocycles. The number of esters is 1. The van der Waals surface area contributed by atoms with Gasteiger partial charge in [-0.05, 0) is 67.6 Å². The van der Waals surface area contributed by atoms with Gasteiger partial charge >= 0.3 is 5.97 Å². The van der Waals surface area contributed by atoms with Gasteiger partial charge in [0, 0.05) is 17.8 Å². The number of ether oxygens (including phenoxy) is 2. The van der Waals surface area contributed by atoms with Crippen molar-refractivity contribution in [1.82, 2.24) is 9.97 Å². The van der Waals surface area contributed by atoms with E-state index in [9.17, 15) is 9.18 Å². The SMILES string of the molecule is CCOC(=O)C=Cc1ccnc(-c2ccc(Oc3ccc(F)cc3)cc2)n1. The first-order valence-electron chi connectivity index (χ1n) is 8.36. The average molecular weight is 364 g/mol. The van der Waals surface area contributed by atoms with Crippen LogP contribution in [0.25, 0.3) is 17.5 Å². The molecule has 0 bridgehead atoms. The fraction of sp³-hybridized carbons (Fsp3) is 0.0952. The van der Waals surface area contributed by atoms with Crippen LogP contribution < -0.4 is 4.74 Å². The molecule has 1 heterocycles. The van der Waals surface area contributed by atoms with Crippen LogP contribution in [0.2, 0.25) is 0 Å². The number of rotatable bonds is 6. The molecule has 0 N–H and O–H groups in total. The second-order valence-corrected chi connectivity index (χ2v) is 5.47. The molecule has 136 valence electrons. The van der Waals surface area contributed by atoms with Crippen LogP contribution in [0.4, 0.5) is 4.39 Å². The number of carbonyl (C=O) groups excluding carboxylic acids is 1. The number of halogens is 1. The van der Waals surface area contributed by atoms with Gasteiger partial charge in [0.15, 0.2) is 5.82 Å². The molecule has 0 saturated heterocycles. The molecule has 0 atom stereocenters. The number of aromatic nitrogens is 2. The summed E-state index contributed by atoms with van der Waals surface area (Å²) in [5.41, 5.74) is 1.40. The minimum Gasteiger partial charge on any atom is -0.463 e. The van der Waals surface area contributed by atoms with Crippen LogP contribution in [0.3, 0.4) is 0 Å². The Bertz CT molecular complexity index is 938. The van der Waals surface area contributed by atoms with Crippen LogP contribution in [-0.2, 0) is 9.53 Å². The van der Waals surface area contributed by atoms with Gasteiger partial charge in [-0.2, -0.15) is 0 Å². The third kappa shape index (κ3) is 5.22. The first-order valence-corrected chi connectivity index (χ1v) is 8.36. The van der Waals surface area contributed by atoms with E-state index in [-0.39, 0.29) is 5.82 Å². The van der Waals surface area contributed by atoms with Gasteiger partial charge in [-0.1, -0.05) is 0 Å². The van der Waals surface area contributed by atoms with Gasteiger partial charge in [0.25, 0.3) is 0 Å². The molecule has 0 unspecified atom stereocenters. The zero-order valence-electron chi connectivity index (χ0n) is 14.6. The Labute approximate surface area is 156 Å². The normalized spacial score (nSPS) is 10.7. The Kier molecular flexibility index (Phi) is 5.89. The van der Waals surface area contributed by atoms with Crippen molar-refractivity contribution in [2.45, 2.75) is 6.92 Å². The Balaban J connectivity index is 1.72. The van der Waals surface area contributed by atoms with E-state index in [1.807, 2.05) is 12.1 Å². The van der Waals surface area contributed by atoms with Crippen molar-refractivity contribution >= 4 is 12.0 Å². The maximum Gasteiger partial charge on any atom is 0.330 e. The average Bonchev–Trinajstić information content (AvgIpc) is 2.69. The Morgan fingerprint density at radius 2 is 1.70 bits per heavy atom. The lowest BCUT2D eigenvalue weighted by atomic mass is 10.2. The van der Waals surface area contributed by atoms with E-state index in [1.54, 1.807) is 49.5 Å². The van der Waals surface area contributed by atoms with E-state index in [0.717, 1.165) is 5.56 Å². The summed E-state index contributed by atoms with van der Waals surface area (Å²) in [6, 6.07) is 14.7. The summed E-state index contributed by atoms with van der Waals surface area (Å²) in [5, 5.41) is 0. The molecule has 0 aliphatic rings. The summed E-state index contributed by atoms with van der Waals surface area (Å²) in [6.45, 7) is 2.07. The highest BCUT2D eigenvalue weighted by Crippen LogP contribution is 2.24. The summed E-state index contributed by atoms with van der Waals surface area (Å²) in [5.74, 6) is 0.955. The molecule has 3 aromatic rings. The summed E-state index contributed by atoms with van der Waals surface area (Å²) in [7, 11) is 0. The maximum absolute atomic E-state index is 12.9. The van der Waals surface area contributed by atoms with E-state index in [0.29, 0.717) is 29.6 Å². The fourth-order valence-corrected chi connectivity index (χ4v) is 2.26. The number of hydrogen-bond donors (Lipinski definition) is 0. The number of carbonyl (C=O) groups is 1. The van der Waals surface area contributed by atoms with Gasteiger partial charge in [-0.3, -0.25) is 0 Å². The Hall–Kier alpha value is -3.54. The van der Waals surface area contributed by atoms with Gasteiger partial charge in [0.1, 0.15) is 17.3 Å². The summed E-state index contributed by atoms with van der Waals surface area (Å²) in [4.78, 5) is 20.1. The Morgan fingerprint density at radius 1 is 1.04 bits per heavy atom. The monoisotopic (exact) mass is 364 g/mol. The molecule has 0 fully saturated rings. The van der Waals surface area contributed by atoms with Gasteiger partial charge in [0.05, 0.1) is 12.3 Å². The van der Waals surface area contributed by atoms with Crippen LogP contribution in [0.15, 0.2) is 66.9 Å². The zero-order chi connectivity index (χ0) is 19.1. The summed E-state index contributed by atoms with van der Waals surface area (Å²) in [6.07, 6.45) is 4.53. The van der Waals surface area contributed by atoms with Gasteiger partial charge < -0.3 is 9.47 Å².